The summed E-state index contributed by atoms with van der Waals surface area (Å²) in [4.78, 5) is 0. The minimum atomic E-state index is -0.0793. The molecule has 0 unspecified atom stereocenters. The van der Waals surface area contributed by atoms with Crippen molar-refractivity contribution in [3.05, 3.63) is 65.7 Å². The van der Waals surface area contributed by atoms with Crippen molar-refractivity contribution in [2.45, 2.75) is 26.2 Å². The van der Waals surface area contributed by atoms with E-state index in [2.05, 4.69) is 39.0 Å². The number of hydrogen-bond donors (Lipinski definition) is 2. The van der Waals surface area contributed by atoms with Gasteiger partial charge in [0.05, 0.1) is 0 Å². The Balaban J connectivity index is 2.37. The van der Waals surface area contributed by atoms with Crippen LogP contribution in [0.15, 0.2) is 54.6 Å². The van der Waals surface area contributed by atoms with E-state index in [1.54, 1.807) is 0 Å². The summed E-state index contributed by atoms with van der Waals surface area (Å²) >= 11 is 0. The minimum Gasteiger partial charge on any atom is -0.399 e. The molecule has 0 fully saturated rings. The first kappa shape index (κ1) is 14.2. The maximum absolute atomic E-state index is 5.88. The third-order valence-electron chi connectivity index (χ3n) is 3.55. The molecular formula is C18H22N2. The Labute approximate surface area is 121 Å². The Hall–Kier alpha value is -2.22. The topological polar surface area (TPSA) is 52.0 Å². The molecule has 0 aliphatic heterocycles. The Morgan fingerprint density at radius 3 is 2.15 bits per heavy atom. The number of rotatable bonds is 3. The number of nitrogen functional groups attached to an aromatic ring is 2. The fraction of sp³-hybridized carbons (Fsp3) is 0.222. The summed E-state index contributed by atoms with van der Waals surface area (Å²) in [7, 11) is 0. The van der Waals surface area contributed by atoms with Gasteiger partial charge in [-0.15, -0.1) is 0 Å². The van der Waals surface area contributed by atoms with E-state index in [0.717, 1.165) is 16.9 Å². The van der Waals surface area contributed by atoms with E-state index < -0.39 is 0 Å². The van der Waals surface area contributed by atoms with Crippen LogP contribution in [-0.4, -0.2) is 0 Å². The summed E-state index contributed by atoms with van der Waals surface area (Å²) < 4.78 is 0. The van der Waals surface area contributed by atoms with Crippen LogP contribution in [0, 0.1) is 0 Å². The maximum atomic E-state index is 5.88. The minimum absolute atomic E-state index is 0.0793. The first-order valence-electron chi connectivity index (χ1n) is 6.80. The molecule has 0 aromatic heterocycles. The van der Waals surface area contributed by atoms with Crippen molar-refractivity contribution in [1.29, 1.82) is 0 Å². The van der Waals surface area contributed by atoms with Crippen molar-refractivity contribution >= 4 is 16.9 Å². The molecule has 2 aromatic rings. The van der Waals surface area contributed by atoms with Crippen LogP contribution in [0.3, 0.4) is 0 Å². The molecule has 104 valence electrons. The Kier molecular flexibility index (Phi) is 3.84. The lowest BCUT2D eigenvalue weighted by molar-refractivity contribution is 0.671. The third-order valence-corrected chi connectivity index (χ3v) is 3.55. The number of nitrogens with two attached hydrogens (primary N) is 2. The van der Waals surface area contributed by atoms with Gasteiger partial charge in [0.2, 0.25) is 0 Å². The van der Waals surface area contributed by atoms with Crippen molar-refractivity contribution in [1.82, 2.24) is 0 Å². The van der Waals surface area contributed by atoms with Crippen LogP contribution >= 0.6 is 0 Å². The SMILES string of the molecule is C/C(=C/C(C)(C)c1cccc(N)c1)c1cccc(N)c1. The van der Waals surface area contributed by atoms with Crippen LogP contribution in [0.4, 0.5) is 11.4 Å². The number of hydrogen-bond acceptors (Lipinski definition) is 2. The molecule has 0 saturated heterocycles. The molecule has 2 heteroatoms. The van der Waals surface area contributed by atoms with Gasteiger partial charge in [-0.25, -0.2) is 0 Å². The van der Waals surface area contributed by atoms with Gasteiger partial charge in [0.25, 0.3) is 0 Å². The van der Waals surface area contributed by atoms with Crippen LogP contribution in [-0.2, 0) is 5.41 Å². The summed E-state index contributed by atoms with van der Waals surface area (Å²) in [5.41, 5.74) is 16.8. The van der Waals surface area contributed by atoms with Crippen molar-refractivity contribution in [3.63, 3.8) is 0 Å². The average Bonchev–Trinajstić information content (AvgIpc) is 2.38. The smallest absolute Gasteiger partial charge is 0.0320 e. The van der Waals surface area contributed by atoms with Crippen molar-refractivity contribution in [3.8, 4) is 0 Å². The zero-order valence-corrected chi connectivity index (χ0v) is 12.4. The highest BCUT2D eigenvalue weighted by Crippen LogP contribution is 2.30. The van der Waals surface area contributed by atoms with Gasteiger partial charge in [-0.3, -0.25) is 0 Å². The first-order chi connectivity index (χ1) is 9.38. The molecule has 0 atom stereocenters. The molecule has 0 radical (unpaired) electrons. The summed E-state index contributed by atoms with van der Waals surface area (Å²) in [5.74, 6) is 0. The van der Waals surface area contributed by atoms with E-state index in [0.29, 0.717) is 0 Å². The van der Waals surface area contributed by atoms with Crippen molar-refractivity contribution in [2.75, 3.05) is 11.5 Å². The Bertz CT molecular complexity index is 639. The Morgan fingerprint density at radius 2 is 1.55 bits per heavy atom. The van der Waals surface area contributed by atoms with Crippen molar-refractivity contribution in [2.24, 2.45) is 0 Å². The third kappa shape index (κ3) is 3.21. The highest BCUT2D eigenvalue weighted by molar-refractivity contribution is 5.68. The number of anilines is 2. The molecular weight excluding hydrogens is 244 g/mol. The average molecular weight is 266 g/mol. The van der Waals surface area contributed by atoms with Gasteiger partial charge >= 0.3 is 0 Å². The fourth-order valence-corrected chi connectivity index (χ4v) is 2.43. The molecule has 0 heterocycles. The Morgan fingerprint density at radius 1 is 0.950 bits per heavy atom. The second kappa shape index (κ2) is 5.41. The molecule has 0 aliphatic carbocycles. The highest BCUT2D eigenvalue weighted by atomic mass is 14.5. The predicted molar refractivity (Wildman–Crippen MR) is 88.4 cm³/mol. The van der Waals surface area contributed by atoms with E-state index in [9.17, 15) is 0 Å². The molecule has 0 spiro atoms. The lowest BCUT2D eigenvalue weighted by Crippen LogP contribution is -2.14. The van der Waals surface area contributed by atoms with Gasteiger partial charge in [0.15, 0.2) is 0 Å². The number of allylic oxidation sites excluding steroid dienone is 2. The second-order valence-electron chi connectivity index (χ2n) is 5.80. The largest absolute Gasteiger partial charge is 0.399 e. The normalized spacial score (nSPS) is 12.4. The van der Waals surface area contributed by atoms with E-state index in [-0.39, 0.29) is 5.41 Å². The van der Waals surface area contributed by atoms with Gasteiger partial charge in [-0.05, 0) is 47.9 Å². The molecule has 4 N–H and O–H groups in total. The molecule has 2 nitrogen and oxygen atoms in total. The van der Waals surface area contributed by atoms with Gasteiger partial charge in [0.1, 0.15) is 0 Å². The zero-order chi connectivity index (χ0) is 14.8. The van der Waals surface area contributed by atoms with Crippen molar-refractivity contribution < 1.29 is 0 Å². The van der Waals surface area contributed by atoms with Crippen LogP contribution in [0.25, 0.3) is 5.57 Å². The number of benzene rings is 2. The van der Waals surface area contributed by atoms with Gasteiger partial charge in [-0.1, -0.05) is 44.2 Å². The lowest BCUT2D eigenvalue weighted by Gasteiger charge is -2.23. The standard InChI is InChI=1S/C18H22N2/c1-13(14-6-4-8-16(19)10-14)12-18(2,3)15-7-5-9-17(20)11-15/h4-12H,19-20H2,1-3H3/b13-12-. The molecule has 2 aromatic carbocycles. The monoisotopic (exact) mass is 266 g/mol. The molecule has 0 aliphatic rings. The van der Waals surface area contributed by atoms with E-state index >= 15 is 0 Å². The van der Waals surface area contributed by atoms with E-state index in [1.165, 1.54) is 11.1 Å². The lowest BCUT2D eigenvalue weighted by atomic mass is 9.82. The van der Waals surface area contributed by atoms with Gasteiger partial charge in [-0.2, -0.15) is 0 Å². The summed E-state index contributed by atoms with van der Waals surface area (Å²) in [5, 5.41) is 0. The van der Waals surface area contributed by atoms with Crippen LogP contribution in [0.2, 0.25) is 0 Å². The van der Waals surface area contributed by atoms with Gasteiger partial charge < -0.3 is 11.5 Å². The highest BCUT2D eigenvalue weighted by Gasteiger charge is 2.18. The summed E-state index contributed by atoms with van der Waals surface area (Å²) in [6, 6.07) is 16.0. The summed E-state index contributed by atoms with van der Waals surface area (Å²) in [6.07, 6.45) is 2.26. The second-order valence-corrected chi connectivity index (χ2v) is 5.80. The molecule has 20 heavy (non-hydrogen) atoms. The zero-order valence-electron chi connectivity index (χ0n) is 12.4. The van der Waals surface area contributed by atoms with Gasteiger partial charge in [0, 0.05) is 16.8 Å². The van der Waals surface area contributed by atoms with E-state index in [4.69, 9.17) is 11.5 Å². The summed E-state index contributed by atoms with van der Waals surface area (Å²) in [6.45, 7) is 6.50. The fourth-order valence-electron chi connectivity index (χ4n) is 2.43. The molecule has 0 amide bonds. The van der Waals surface area contributed by atoms with Crippen LogP contribution in [0.1, 0.15) is 31.9 Å². The maximum Gasteiger partial charge on any atom is 0.0320 e. The van der Waals surface area contributed by atoms with Crippen LogP contribution in [0.5, 0.6) is 0 Å². The molecule has 2 rings (SSSR count). The van der Waals surface area contributed by atoms with Crippen LogP contribution < -0.4 is 11.5 Å². The molecule has 0 saturated carbocycles. The quantitative estimate of drug-likeness (QED) is 0.817. The predicted octanol–water partition coefficient (Wildman–Crippen LogP) is 4.23. The first-order valence-corrected chi connectivity index (χ1v) is 6.80. The molecule has 0 bridgehead atoms. The van der Waals surface area contributed by atoms with E-state index in [1.807, 2.05) is 36.4 Å².